The van der Waals surface area contributed by atoms with E-state index < -0.39 is 10.0 Å². The molecule has 0 heterocycles. The van der Waals surface area contributed by atoms with Crippen molar-refractivity contribution in [2.45, 2.75) is 25.2 Å². The van der Waals surface area contributed by atoms with E-state index in [0.717, 1.165) is 12.0 Å². The number of rotatable bonds is 7. The Morgan fingerprint density at radius 3 is 2.37 bits per heavy atom. The highest BCUT2D eigenvalue weighted by Crippen LogP contribution is 2.17. The van der Waals surface area contributed by atoms with E-state index in [-0.39, 0.29) is 0 Å². The highest BCUT2D eigenvalue weighted by Gasteiger charge is 2.22. The van der Waals surface area contributed by atoms with E-state index in [0.29, 0.717) is 23.3 Å². The summed E-state index contributed by atoms with van der Waals surface area (Å²) in [5, 5.41) is 0.633. The van der Waals surface area contributed by atoms with Gasteiger partial charge in [0.1, 0.15) is 0 Å². The van der Waals surface area contributed by atoms with Crippen LogP contribution in [0.25, 0.3) is 0 Å². The second-order valence-electron chi connectivity index (χ2n) is 4.26. The first-order valence-electron chi connectivity index (χ1n) is 6.26. The highest BCUT2D eigenvalue weighted by atomic mass is 79.9. The Balaban J connectivity index is 2.94. The third-order valence-corrected chi connectivity index (χ3v) is 5.04. The van der Waals surface area contributed by atoms with Gasteiger partial charge in [-0.05, 0) is 32.4 Å². The minimum Gasteiger partial charge on any atom is -0.207 e. The van der Waals surface area contributed by atoms with E-state index in [1.54, 1.807) is 12.1 Å². The molecule has 0 unspecified atom stereocenters. The number of sulfonamides is 1. The van der Waals surface area contributed by atoms with Crippen LogP contribution in [0.1, 0.15) is 18.9 Å². The van der Waals surface area contributed by atoms with E-state index in [4.69, 9.17) is 0 Å². The van der Waals surface area contributed by atoms with Crippen LogP contribution < -0.4 is 0 Å². The van der Waals surface area contributed by atoms with Crippen molar-refractivity contribution in [3.05, 3.63) is 42.0 Å². The van der Waals surface area contributed by atoms with Crippen LogP contribution >= 0.6 is 15.9 Å². The zero-order valence-corrected chi connectivity index (χ0v) is 13.7. The zero-order chi connectivity index (χ0) is 14.3. The SMILES string of the molecule is C/C=C/CCN(CCBr)S(=O)(=O)c1ccc(C)cc1. The van der Waals surface area contributed by atoms with Crippen LogP contribution in [0.5, 0.6) is 0 Å². The van der Waals surface area contributed by atoms with E-state index in [1.165, 1.54) is 4.31 Å². The number of allylic oxidation sites excluding steroid dienone is 1. The number of alkyl halides is 1. The summed E-state index contributed by atoms with van der Waals surface area (Å²) in [5.41, 5.74) is 1.06. The van der Waals surface area contributed by atoms with E-state index >= 15 is 0 Å². The van der Waals surface area contributed by atoms with Gasteiger partial charge in [-0.15, -0.1) is 0 Å². The number of hydrogen-bond acceptors (Lipinski definition) is 2. The predicted octanol–water partition coefficient (Wildman–Crippen LogP) is 3.35. The summed E-state index contributed by atoms with van der Waals surface area (Å²) in [6, 6.07) is 6.99. The van der Waals surface area contributed by atoms with Gasteiger partial charge in [-0.25, -0.2) is 8.42 Å². The van der Waals surface area contributed by atoms with E-state index in [9.17, 15) is 8.42 Å². The molecule has 0 fully saturated rings. The highest BCUT2D eigenvalue weighted by molar-refractivity contribution is 9.09. The lowest BCUT2D eigenvalue weighted by molar-refractivity contribution is 0.436. The molecule has 0 aliphatic heterocycles. The van der Waals surface area contributed by atoms with Crippen molar-refractivity contribution in [3.63, 3.8) is 0 Å². The molecule has 5 heteroatoms. The van der Waals surface area contributed by atoms with Crippen LogP contribution in [-0.2, 0) is 10.0 Å². The van der Waals surface area contributed by atoms with Crippen molar-refractivity contribution < 1.29 is 8.42 Å². The molecule has 0 bridgehead atoms. The molecule has 0 aliphatic rings. The molecule has 0 aromatic heterocycles. The number of halogens is 1. The molecular formula is C14H20BrNO2S. The van der Waals surface area contributed by atoms with Crippen LogP contribution in [0, 0.1) is 6.92 Å². The van der Waals surface area contributed by atoms with Crippen molar-refractivity contribution in [2.24, 2.45) is 0 Å². The van der Waals surface area contributed by atoms with Crippen LogP contribution in [0.15, 0.2) is 41.3 Å². The summed E-state index contributed by atoms with van der Waals surface area (Å²) in [6.07, 6.45) is 4.64. The molecule has 0 aliphatic carbocycles. The molecule has 0 amide bonds. The van der Waals surface area contributed by atoms with Gasteiger partial charge < -0.3 is 0 Å². The Labute approximate surface area is 124 Å². The molecular weight excluding hydrogens is 326 g/mol. The molecule has 19 heavy (non-hydrogen) atoms. The molecule has 106 valence electrons. The van der Waals surface area contributed by atoms with Crippen LogP contribution in [0.4, 0.5) is 0 Å². The van der Waals surface area contributed by atoms with Gasteiger partial charge in [0.05, 0.1) is 4.90 Å². The molecule has 1 aromatic rings. The normalized spacial score (nSPS) is 12.4. The van der Waals surface area contributed by atoms with Gasteiger partial charge in [-0.3, -0.25) is 0 Å². The largest absolute Gasteiger partial charge is 0.243 e. The van der Waals surface area contributed by atoms with Gasteiger partial charge in [-0.1, -0.05) is 45.8 Å². The summed E-state index contributed by atoms with van der Waals surface area (Å²) >= 11 is 3.31. The summed E-state index contributed by atoms with van der Waals surface area (Å²) in [7, 11) is -3.39. The Morgan fingerprint density at radius 1 is 1.21 bits per heavy atom. The molecule has 0 spiro atoms. The number of hydrogen-bond donors (Lipinski definition) is 0. The molecule has 0 radical (unpaired) electrons. The second kappa shape index (κ2) is 7.82. The first kappa shape index (κ1) is 16.4. The van der Waals surface area contributed by atoms with Crippen molar-refractivity contribution in [3.8, 4) is 0 Å². The summed E-state index contributed by atoms with van der Waals surface area (Å²) in [4.78, 5) is 0.361. The summed E-state index contributed by atoms with van der Waals surface area (Å²) < 4.78 is 26.5. The van der Waals surface area contributed by atoms with Crippen LogP contribution in [0.3, 0.4) is 0 Å². The topological polar surface area (TPSA) is 37.4 Å². The maximum absolute atomic E-state index is 12.5. The molecule has 1 rings (SSSR count). The van der Waals surface area contributed by atoms with Crippen molar-refractivity contribution >= 4 is 26.0 Å². The van der Waals surface area contributed by atoms with Gasteiger partial charge in [-0.2, -0.15) is 4.31 Å². The van der Waals surface area contributed by atoms with Gasteiger partial charge >= 0.3 is 0 Å². The maximum atomic E-state index is 12.5. The fourth-order valence-corrected chi connectivity index (χ4v) is 3.81. The first-order chi connectivity index (χ1) is 9.02. The molecule has 0 atom stereocenters. The van der Waals surface area contributed by atoms with Crippen molar-refractivity contribution in [1.29, 1.82) is 0 Å². The van der Waals surface area contributed by atoms with Crippen LogP contribution in [0.2, 0.25) is 0 Å². The van der Waals surface area contributed by atoms with E-state index in [1.807, 2.05) is 38.1 Å². The lowest BCUT2D eigenvalue weighted by Crippen LogP contribution is -2.33. The lowest BCUT2D eigenvalue weighted by Gasteiger charge is -2.20. The zero-order valence-electron chi connectivity index (χ0n) is 11.3. The molecule has 0 N–H and O–H groups in total. The summed E-state index contributed by atoms with van der Waals surface area (Å²) in [5.74, 6) is 0. The fraction of sp³-hybridized carbons (Fsp3) is 0.429. The van der Waals surface area contributed by atoms with E-state index in [2.05, 4.69) is 15.9 Å². The third-order valence-electron chi connectivity index (χ3n) is 2.77. The predicted molar refractivity (Wildman–Crippen MR) is 83.2 cm³/mol. The lowest BCUT2D eigenvalue weighted by atomic mass is 10.2. The Kier molecular flexibility index (Phi) is 6.75. The van der Waals surface area contributed by atoms with Gasteiger partial charge in [0.25, 0.3) is 0 Å². The van der Waals surface area contributed by atoms with Crippen molar-refractivity contribution in [2.75, 3.05) is 18.4 Å². The molecule has 1 aromatic carbocycles. The van der Waals surface area contributed by atoms with Gasteiger partial charge in [0, 0.05) is 18.4 Å². The average molecular weight is 346 g/mol. The summed E-state index contributed by atoms with van der Waals surface area (Å²) in [6.45, 7) is 4.86. The fourth-order valence-electron chi connectivity index (χ4n) is 1.69. The van der Waals surface area contributed by atoms with Crippen LogP contribution in [-0.4, -0.2) is 31.1 Å². The van der Waals surface area contributed by atoms with Crippen molar-refractivity contribution in [1.82, 2.24) is 4.31 Å². The monoisotopic (exact) mass is 345 g/mol. The average Bonchev–Trinajstić information content (AvgIpc) is 2.38. The smallest absolute Gasteiger partial charge is 0.207 e. The number of aryl methyl sites for hydroxylation is 1. The second-order valence-corrected chi connectivity index (χ2v) is 6.99. The number of benzene rings is 1. The Morgan fingerprint density at radius 2 is 1.84 bits per heavy atom. The third kappa shape index (κ3) is 4.75. The van der Waals surface area contributed by atoms with Gasteiger partial charge in [0.2, 0.25) is 10.0 Å². The standard InChI is InChI=1S/C14H20BrNO2S/c1-3-4-5-11-16(12-10-15)19(17,18)14-8-6-13(2)7-9-14/h3-4,6-9H,5,10-12H2,1-2H3/b4-3+. The first-order valence-corrected chi connectivity index (χ1v) is 8.82. The minimum atomic E-state index is -3.39. The quantitative estimate of drug-likeness (QED) is 0.561. The molecule has 3 nitrogen and oxygen atoms in total. The Bertz CT molecular complexity index is 509. The maximum Gasteiger partial charge on any atom is 0.243 e. The Hall–Kier alpha value is -0.650. The minimum absolute atomic E-state index is 0.361. The molecule has 0 saturated carbocycles. The molecule has 0 saturated heterocycles. The van der Waals surface area contributed by atoms with Gasteiger partial charge in [0.15, 0.2) is 0 Å². The number of nitrogens with zero attached hydrogens (tertiary/aromatic N) is 1.